The number of alkyl carbamates (subject to hydrolysis) is 1. The molecule has 0 fully saturated rings. The lowest BCUT2D eigenvalue weighted by molar-refractivity contribution is -0.139. The van der Waals surface area contributed by atoms with Gasteiger partial charge in [0.15, 0.2) is 0 Å². The highest BCUT2D eigenvalue weighted by Gasteiger charge is 2.27. The zero-order chi connectivity index (χ0) is 22.9. The molecule has 0 bridgehead atoms. The van der Waals surface area contributed by atoms with E-state index in [1.807, 2.05) is 17.0 Å². The van der Waals surface area contributed by atoms with E-state index in [4.69, 9.17) is 33.0 Å². The number of aryl methyl sites for hydroxylation is 1. The molecule has 8 nitrogen and oxygen atoms in total. The summed E-state index contributed by atoms with van der Waals surface area (Å²) >= 11 is 11.7. The summed E-state index contributed by atoms with van der Waals surface area (Å²) < 4.78 is 5.12. The Morgan fingerprint density at radius 3 is 2.27 bits per heavy atom. The van der Waals surface area contributed by atoms with Crippen LogP contribution in [0.3, 0.4) is 0 Å². The number of amides is 2. The fraction of sp³-hybridized carbons (Fsp3) is 0.550. The average Bonchev–Trinajstić information content (AvgIpc) is 2.61. The van der Waals surface area contributed by atoms with Crippen molar-refractivity contribution >= 4 is 52.5 Å². The molecule has 0 aliphatic rings. The van der Waals surface area contributed by atoms with Crippen molar-refractivity contribution in [2.75, 3.05) is 35.1 Å². The maximum Gasteiger partial charge on any atom is 0.408 e. The highest BCUT2D eigenvalue weighted by atomic mass is 35.5. The van der Waals surface area contributed by atoms with Crippen LogP contribution >= 0.6 is 23.2 Å². The molecule has 168 valence electrons. The largest absolute Gasteiger partial charge is 0.481 e. The molecular formula is C20H29Cl2N3O5. The van der Waals surface area contributed by atoms with Gasteiger partial charge in [-0.05, 0) is 45.4 Å². The molecule has 1 atom stereocenters. The number of carbonyl (C=O) groups excluding carboxylic acids is 2. The van der Waals surface area contributed by atoms with Crippen LogP contribution in [0, 0.1) is 6.92 Å². The molecule has 0 aliphatic carbocycles. The lowest BCUT2D eigenvalue weighted by Crippen LogP contribution is -2.47. The minimum atomic E-state index is -1.30. The minimum absolute atomic E-state index is 0.410. The zero-order valence-electron chi connectivity index (χ0n) is 17.6. The SMILES string of the molecule is Cc1ccc(N(CCCl)CCCl)cc1NC(=O)[C@H](CC(=O)O)NC(=O)OC(C)(C)C. The van der Waals surface area contributed by atoms with Crippen LogP contribution in [0.2, 0.25) is 0 Å². The van der Waals surface area contributed by atoms with E-state index >= 15 is 0 Å². The summed E-state index contributed by atoms with van der Waals surface area (Å²) in [7, 11) is 0. The van der Waals surface area contributed by atoms with Gasteiger partial charge in [-0.2, -0.15) is 0 Å². The summed E-state index contributed by atoms with van der Waals surface area (Å²) in [6.07, 6.45) is -1.46. The quantitative estimate of drug-likeness (QED) is 0.459. The van der Waals surface area contributed by atoms with Gasteiger partial charge in [-0.3, -0.25) is 9.59 Å². The molecule has 0 spiro atoms. The Kier molecular flexibility index (Phi) is 10.2. The number of ether oxygens (including phenoxy) is 1. The van der Waals surface area contributed by atoms with E-state index < -0.39 is 36.0 Å². The summed E-state index contributed by atoms with van der Waals surface area (Å²) in [5, 5.41) is 14.2. The van der Waals surface area contributed by atoms with Crippen LogP contribution in [0.5, 0.6) is 0 Å². The highest BCUT2D eigenvalue weighted by Crippen LogP contribution is 2.24. The molecule has 1 rings (SSSR count). The molecular weight excluding hydrogens is 433 g/mol. The summed E-state index contributed by atoms with van der Waals surface area (Å²) in [6.45, 7) is 7.96. The van der Waals surface area contributed by atoms with Gasteiger partial charge >= 0.3 is 12.1 Å². The van der Waals surface area contributed by atoms with Crippen molar-refractivity contribution in [3.63, 3.8) is 0 Å². The van der Waals surface area contributed by atoms with Crippen LogP contribution in [0.4, 0.5) is 16.2 Å². The lowest BCUT2D eigenvalue weighted by Gasteiger charge is -2.25. The van der Waals surface area contributed by atoms with Crippen LogP contribution in [0.25, 0.3) is 0 Å². The van der Waals surface area contributed by atoms with Crippen LogP contribution in [-0.2, 0) is 14.3 Å². The maximum atomic E-state index is 12.7. The van der Waals surface area contributed by atoms with Crippen molar-refractivity contribution in [2.24, 2.45) is 0 Å². The van der Waals surface area contributed by atoms with Crippen molar-refractivity contribution in [1.82, 2.24) is 5.32 Å². The number of hydrogen-bond acceptors (Lipinski definition) is 5. The Morgan fingerprint density at radius 1 is 1.17 bits per heavy atom. The van der Waals surface area contributed by atoms with Crippen LogP contribution in [0.1, 0.15) is 32.8 Å². The first-order valence-corrected chi connectivity index (χ1v) is 10.5. The molecule has 3 N–H and O–H groups in total. The molecule has 30 heavy (non-hydrogen) atoms. The molecule has 2 amide bonds. The lowest BCUT2D eigenvalue weighted by atomic mass is 10.1. The van der Waals surface area contributed by atoms with Crippen LogP contribution in [0.15, 0.2) is 18.2 Å². The van der Waals surface area contributed by atoms with Gasteiger partial charge in [0.05, 0.1) is 6.42 Å². The number of carboxylic acids is 1. The van der Waals surface area contributed by atoms with E-state index in [2.05, 4.69) is 10.6 Å². The second-order valence-corrected chi connectivity index (χ2v) is 8.41. The third kappa shape index (κ3) is 9.09. The zero-order valence-corrected chi connectivity index (χ0v) is 19.1. The normalized spacial score (nSPS) is 12.1. The molecule has 0 aliphatic heterocycles. The highest BCUT2D eigenvalue weighted by molar-refractivity contribution is 6.18. The number of hydrogen-bond donors (Lipinski definition) is 3. The summed E-state index contributed by atoms with van der Waals surface area (Å²) in [4.78, 5) is 37.9. The number of carboxylic acid groups (broad SMARTS) is 1. The molecule has 1 aromatic rings. The van der Waals surface area contributed by atoms with E-state index in [0.717, 1.165) is 11.3 Å². The number of nitrogens with one attached hydrogen (secondary N) is 2. The van der Waals surface area contributed by atoms with Gasteiger partial charge < -0.3 is 25.4 Å². The van der Waals surface area contributed by atoms with Gasteiger partial charge in [0.2, 0.25) is 5.91 Å². The van der Waals surface area contributed by atoms with E-state index in [9.17, 15) is 14.4 Å². The van der Waals surface area contributed by atoms with Gasteiger partial charge in [0.1, 0.15) is 11.6 Å². The third-order valence-electron chi connectivity index (χ3n) is 3.94. The van der Waals surface area contributed by atoms with E-state index in [-0.39, 0.29) is 0 Å². The topological polar surface area (TPSA) is 108 Å². The monoisotopic (exact) mass is 461 g/mol. The van der Waals surface area contributed by atoms with Crippen molar-refractivity contribution in [3.8, 4) is 0 Å². The number of carbonyl (C=O) groups is 3. The third-order valence-corrected chi connectivity index (χ3v) is 4.28. The predicted octanol–water partition coefficient (Wildman–Crippen LogP) is 3.59. The van der Waals surface area contributed by atoms with Gasteiger partial charge in [-0.1, -0.05) is 6.07 Å². The maximum absolute atomic E-state index is 12.7. The summed E-state index contributed by atoms with van der Waals surface area (Å²) in [6, 6.07) is 4.17. The molecule has 1 aromatic carbocycles. The number of nitrogens with zero attached hydrogens (tertiary/aromatic N) is 1. The fourth-order valence-corrected chi connectivity index (χ4v) is 2.98. The number of rotatable bonds is 10. The number of halogens is 2. The van der Waals surface area contributed by atoms with E-state index in [1.54, 1.807) is 33.8 Å². The van der Waals surface area contributed by atoms with Crippen molar-refractivity contribution in [2.45, 2.75) is 45.8 Å². The second kappa shape index (κ2) is 11.9. The second-order valence-electron chi connectivity index (χ2n) is 7.65. The first kappa shape index (κ1) is 25.8. The van der Waals surface area contributed by atoms with Crippen molar-refractivity contribution in [3.05, 3.63) is 23.8 Å². The van der Waals surface area contributed by atoms with E-state index in [0.29, 0.717) is 30.5 Å². The molecule has 0 saturated carbocycles. The smallest absolute Gasteiger partial charge is 0.408 e. The van der Waals surface area contributed by atoms with Crippen molar-refractivity contribution in [1.29, 1.82) is 0 Å². The standard InChI is InChI=1S/C20H29Cl2N3O5/c1-13-5-6-14(25(9-7-21)10-8-22)11-15(13)23-18(28)16(12-17(26)27)24-19(29)30-20(2,3)4/h5-6,11,16H,7-10,12H2,1-4H3,(H,23,28)(H,24,29)(H,26,27)/t16-/m0/s1. The van der Waals surface area contributed by atoms with Crippen LogP contribution < -0.4 is 15.5 Å². The Labute approximate surface area is 186 Å². The first-order valence-electron chi connectivity index (χ1n) is 9.46. The predicted molar refractivity (Wildman–Crippen MR) is 119 cm³/mol. The van der Waals surface area contributed by atoms with E-state index in [1.165, 1.54) is 0 Å². The Hall–Kier alpha value is -2.19. The van der Waals surface area contributed by atoms with Gasteiger partial charge in [-0.15, -0.1) is 23.2 Å². The molecule has 0 saturated heterocycles. The van der Waals surface area contributed by atoms with Crippen molar-refractivity contribution < 1.29 is 24.2 Å². The molecule has 10 heteroatoms. The molecule has 0 aromatic heterocycles. The number of alkyl halides is 2. The number of aliphatic carboxylic acids is 1. The molecule has 0 heterocycles. The average molecular weight is 462 g/mol. The van der Waals surface area contributed by atoms with Gasteiger partial charge in [0.25, 0.3) is 0 Å². The Morgan fingerprint density at radius 2 is 1.77 bits per heavy atom. The van der Waals surface area contributed by atoms with Gasteiger partial charge in [-0.25, -0.2) is 4.79 Å². The van der Waals surface area contributed by atoms with Gasteiger partial charge in [0, 0.05) is 36.2 Å². The fourth-order valence-electron chi connectivity index (χ4n) is 2.57. The Bertz CT molecular complexity index is 746. The first-order chi connectivity index (χ1) is 14.0. The molecule has 0 unspecified atom stereocenters. The molecule has 0 radical (unpaired) electrons. The van der Waals surface area contributed by atoms with Crippen LogP contribution in [-0.4, -0.2) is 59.6 Å². The summed E-state index contributed by atoms with van der Waals surface area (Å²) in [5.74, 6) is -1.07. The Balaban J connectivity index is 3.03. The number of benzene rings is 1. The minimum Gasteiger partial charge on any atom is -0.481 e. The summed E-state index contributed by atoms with van der Waals surface area (Å²) in [5.41, 5.74) is 1.29. The number of anilines is 2.